The Morgan fingerprint density at radius 1 is 1.06 bits per heavy atom. The molecule has 35 heavy (non-hydrogen) atoms. The number of nitrogens with zero attached hydrogens (tertiary/aromatic N) is 6. The zero-order chi connectivity index (χ0) is 24.7. The molecule has 4 heterocycles. The molecule has 1 N–H and O–H groups in total. The Bertz CT molecular complexity index is 1610. The molecule has 0 spiro atoms. The third-order valence-corrected chi connectivity index (χ3v) is 5.55. The highest BCUT2D eigenvalue weighted by molar-refractivity contribution is 5.84. The van der Waals surface area contributed by atoms with E-state index in [1.807, 2.05) is 22.7 Å². The van der Waals surface area contributed by atoms with Crippen LogP contribution >= 0.6 is 0 Å². The summed E-state index contributed by atoms with van der Waals surface area (Å²) in [6.45, 7) is -0.264. The number of hydrogen-bond acceptors (Lipinski definition) is 5. The van der Waals surface area contributed by atoms with Crippen LogP contribution in [-0.4, -0.2) is 47.3 Å². The first-order valence-electron chi connectivity index (χ1n) is 10.5. The molecule has 178 valence electrons. The molecule has 0 atom stereocenters. The van der Waals surface area contributed by atoms with Gasteiger partial charge >= 0.3 is 11.9 Å². The summed E-state index contributed by atoms with van der Waals surface area (Å²) in [5, 5.41) is 10.3. The minimum absolute atomic E-state index is 0.216. The first kappa shape index (κ1) is 22.3. The Morgan fingerprint density at radius 3 is 2.63 bits per heavy atom. The van der Waals surface area contributed by atoms with Gasteiger partial charge in [-0.15, -0.1) is 10.2 Å². The monoisotopic (exact) mass is 481 g/mol. The summed E-state index contributed by atoms with van der Waals surface area (Å²) in [5.74, 6) is -0.715. The molecule has 0 bridgehead atoms. The van der Waals surface area contributed by atoms with E-state index in [-0.39, 0.29) is 5.82 Å². The summed E-state index contributed by atoms with van der Waals surface area (Å²) in [6, 6.07) is 12.2. The molecule has 0 fully saturated rings. The third-order valence-electron chi connectivity index (χ3n) is 5.55. The number of hydrogen-bond donors (Lipinski definition) is 1. The maximum absolute atomic E-state index is 13.3. The van der Waals surface area contributed by atoms with Gasteiger partial charge in [-0.05, 0) is 42.8 Å². The fourth-order valence-electron chi connectivity index (χ4n) is 3.99. The van der Waals surface area contributed by atoms with E-state index in [4.69, 9.17) is 0 Å². The summed E-state index contributed by atoms with van der Waals surface area (Å²) in [7, 11) is 0. The van der Waals surface area contributed by atoms with Crippen molar-refractivity contribution < 1.29 is 18.0 Å². The number of benzene rings is 1. The lowest BCUT2D eigenvalue weighted by atomic mass is 10.1. The van der Waals surface area contributed by atoms with Gasteiger partial charge in [0.15, 0.2) is 5.82 Å². The Labute approximate surface area is 195 Å². The quantitative estimate of drug-likeness (QED) is 0.416. The van der Waals surface area contributed by atoms with Crippen molar-refractivity contribution in [1.82, 2.24) is 34.0 Å². The predicted octanol–water partition coefficient (Wildman–Crippen LogP) is 2.88. The second kappa shape index (κ2) is 8.38. The molecule has 5 rings (SSSR count). The van der Waals surface area contributed by atoms with Crippen LogP contribution in [0.15, 0.2) is 66.0 Å². The van der Waals surface area contributed by atoms with Gasteiger partial charge in [0.2, 0.25) is 5.91 Å². The van der Waals surface area contributed by atoms with Crippen LogP contribution in [-0.2, 0) is 11.3 Å². The molecule has 0 aliphatic rings. The predicted molar refractivity (Wildman–Crippen MR) is 121 cm³/mol. The summed E-state index contributed by atoms with van der Waals surface area (Å²) in [4.78, 5) is 29.6. The lowest BCUT2D eigenvalue weighted by Crippen LogP contribution is -2.38. The van der Waals surface area contributed by atoms with E-state index in [0.717, 1.165) is 21.2 Å². The number of aryl methyl sites for hydroxylation is 1. The van der Waals surface area contributed by atoms with Crippen LogP contribution in [0.1, 0.15) is 5.56 Å². The molecular weight excluding hydrogens is 463 g/mol. The molecule has 0 saturated carbocycles. The van der Waals surface area contributed by atoms with Crippen LogP contribution in [0, 0.1) is 6.92 Å². The molecule has 0 radical (unpaired) electrons. The summed E-state index contributed by atoms with van der Waals surface area (Å²) in [6.07, 6.45) is 0.679. The molecule has 5 aromatic rings. The lowest BCUT2D eigenvalue weighted by molar-refractivity contribution is -0.138. The number of halogens is 3. The van der Waals surface area contributed by atoms with Crippen LogP contribution in [0.5, 0.6) is 0 Å². The van der Waals surface area contributed by atoms with Crippen LogP contribution < -0.4 is 11.0 Å². The average Bonchev–Trinajstić information content (AvgIpc) is 3.41. The number of alkyl halides is 3. The number of amides is 1. The minimum atomic E-state index is -4.55. The molecule has 1 aromatic carbocycles. The zero-order valence-electron chi connectivity index (χ0n) is 18.3. The van der Waals surface area contributed by atoms with E-state index in [9.17, 15) is 22.8 Å². The van der Waals surface area contributed by atoms with E-state index in [2.05, 4.69) is 15.2 Å². The molecule has 0 aliphatic heterocycles. The van der Waals surface area contributed by atoms with Gasteiger partial charge in [0.25, 0.3) is 0 Å². The molecule has 9 nitrogen and oxygen atoms in total. The highest BCUT2D eigenvalue weighted by Crippen LogP contribution is 2.24. The molecular formula is C23H18F3N7O2. The van der Waals surface area contributed by atoms with Gasteiger partial charge in [-0.2, -0.15) is 13.2 Å². The number of para-hydroxylation sites is 1. The highest BCUT2D eigenvalue weighted by Gasteiger charge is 2.28. The van der Waals surface area contributed by atoms with Crippen LogP contribution in [0.25, 0.3) is 33.6 Å². The van der Waals surface area contributed by atoms with E-state index in [0.29, 0.717) is 16.7 Å². The molecule has 4 aromatic heterocycles. The van der Waals surface area contributed by atoms with Crippen LogP contribution in [0.2, 0.25) is 0 Å². The number of nitrogens with one attached hydrogen (secondary N) is 1. The molecule has 1 amide bonds. The topological polar surface area (TPSA) is 99.1 Å². The van der Waals surface area contributed by atoms with Gasteiger partial charge in [-0.1, -0.05) is 12.1 Å². The first-order valence-corrected chi connectivity index (χ1v) is 10.5. The molecule has 0 unspecified atom stereocenters. The van der Waals surface area contributed by atoms with Crippen molar-refractivity contribution in [1.29, 1.82) is 0 Å². The third kappa shape index (κ3) is 4.14. The molecule has 12 heteroatoms. The van der Waals surface area contributed by atoms with Gasteiger partial charge < -0.3 is 9.72 Å². The van der Waals surface area contributed by atoms with Crippen molar-refractivity contribution in [2.75, 3.05) is 6.54 Å². The van der Waals surface area contributed by atoms with Crippen molar-refractivity contribution in [3.63, 3.8) is 0 Å². The van der Waals surface area contributed by atoms with E-state index < -0.39 is 30.9 Å². The molecule has 0 saturated heterocycles. The van der Waals surface area contributed by atoms with Crippen molar-refractivity contribution in [2.24, 2.45) is 0 Å². The number of pyridine rings is 1. The Morgan fingerprint density at radius 2 is 1.89 bits per heavy atom. The first-order chi connectivity index (χ1) is 16.7. The van der Waals surface area contributed by atoms with E-state index in [1.165, 1.54) is 4.57 Å². The second-order valence-corrected chi connectivity index (χ2v) is 7.92. The standard InChI is InChI=1S/C23H18F3N7O2/c1-14-4-2-6-17-21(14)33(22(35)32(17)11-20(34)28-12-23(24,25)26)19-8-7-16(29-30-19)15-5-3-9-31-13-27-10-18(15)31/h2-10,13H,11-12H2,1H3,(H,28,34). The van der Waals surface area contributed by atoms with Gasteiger partial charge in [0, 0.05) is 11.8 Å². The van der Waals surface area contributed by atoms with Crippen molar-refractivity contribution in [3.05, 3.63) is 77.2 Å². The summed E-state index contributed by atoms with van der Waals surface area (Å²) in [5.41, 5.74) is 3.20. The minimum Gasteiger partial charge on any atom is -0.345 e. The fourth-order valence-corrected chi connectivity index (χ4v) is 3.99. The number of fused-ring (bicyclic) bond motifs is 2. The SMILES string of the molecule is Cc1cccc2c1n(-c1ccc(-c3cccn4cncc34)nn1)c(=O)n2CC(=O)NCC(F)(F)F. The highest BCUT2D eigenvalue weighted by atomic mass is 19.4. The van der Waals surface area contributed by atoms with Crippen molar-refractivity contribution in [2.45, 2.75) is 19.6 Å². The maximum Gasteiger partial charge on any atom is 0.405 e. The number of aromatic nitrogens is 6. The number of rotatable bonds is 5. The fraction of sp³-hybridized carbons (Fsp3) is 0.174. The van der Waals surface area contributed by atoms with Gasteiger partial charge in [0.1, 0.15) is 13.1 Å². The number of carbonyl (C=O) groups excluding carboxylic acids is 1. The Balaban J connectivity index is 1.56. The zero-order valence-corrected chi connectivity index (χ0v) is 18.3. The van der Waals surface area contributed by atoms with Gasteiger partial charge in [-0.3, -0.25) is 9.36 Å². The number of imidazole rings is 2. The lowest BCUT2D eigenvalue weighted by Gasteiger charge is -2.08. The summed E-state index contributed by atoms with van der Waals surface area (Å²) < 4.78 is 41.7. The van der Waals surface area contributed by atoms with Gasteiger partial charge in [0.05, 0.1) is 34.8 Å². The smallest absolute Gasteiger partial charge is 0.345 e. The number of carbonyl (C=O) groups is 1. The Hall–Kier alpha value is -4.48. The van der Waals surface area contributed by atoms with Crippen LogP contribution in [0.4, 0.5) is 13.2 Å². The largest absolute Gasteiger partial charge is 0.405 e. The van der Waals surface area contributed by atoms with E-state index >= 15 is 0 Å². The molecule has 0 aliphatic carbocycles. The van der Waals surface area contributed by atoms with E-state index in [1.54, 1.807) is 55.1 Å². The van der Waals surface area contributed by atoms with Crippen LogP contribution in [0.3, 0.4) is 0 Å². The van der Waals surface area contributed by atoms with Gasteiger partial charge in [-0.25, -0.2) is 14.3 Å². The van der Waals surface area contributed by atoms with Crippen molar-refractivity contribution in [3.8, 4) is 17.1 Å². The average molecular weight is 481 g/mol. The maximum atomic E-state index is 13.3. The normalized spacial score (nSPS) is 11.9. The summed E-state index contributed by atoms with van der Waals surface area (Å²) >= 11 is 0. The second-order valence-electron chi connectivity index (χ2n) is 7.92. The van der Waals surface area contributed by atoms with Crippen molar-refractivity contribution >= 4 is 22.5 Å². The Kier molecular flexibility index (Phi) is 5.35.